The predicted molar refractivity (Wildman–Crippen MR) is 112 cm³/mol. The lowest BCUT2D eigenvalue weighted by molar-refractivity contribution is -0.116. The fraction of sp³-hybridized carbons (Fsp3) is 0.353. The molecule has 0 saturated carbocycles. The van der Waals surface area contributed by atoms with Gasteiger partial charge in [0.1, 0.15) is 5.75 Å². The van der Waals surface area contributed by atoms with Gasteiger partial charge in [0, 0.05) is 28.6 Å². The number of amides is 2. The van der Waals surface area contributed by atoms with Crippen LogP contribution in [0.4, 0.5) is 10.8 Å². The molecule has 2 amide bonds. The molecule has 1 aromatic carbocycles. The van der Waals surface area contributed by atoms with Crippen molar-refractivity contribution < 1.29 is 14.3 Å². The molecule has 2 rings (SSSR count). The number of benzene rings is 1. The van der Waals surface area contributed by atoms with Crippen LogP contribution in [0.1, 0.15) is 18.5 Å². The fourth-order valence-electron chi connectivity index (χ4n) is 1.96. The van der Waals surface area contributed by atoms with Crippen LogP contribution in [0.15, 0.2) is 29.6 Å². The van der Waals surface area contributed by atoms with E-state index in [4.69, 9.17) is 4.74 Å². The van der Waals surface area contributed by atoms with Crippen molar-refractivity contribution in [3.8, 4) is 5.75 Å². The summed E-state index contributed by atoms with van der Waals surface area (Å²) >= 11 is 6.17. The van der Waals surface area contributed by atoms with Gasteiger partial charge >= 0.3 is 0 Å². The van der Waals surface area contributed by atoms with Crippen molar-refractivity contribution in [2.75, 3.05) is 28.8 Å². The summed E-state index contributed by atoms with van der Waals surface area (Å²) in [7, 11) is 1.60. The first kappa shape index (κ1) is 20.7. The largest absolute Gasteiger partial charge is 0.497 e. The maximum absolute atomic E-state index is 12.0. The third-order valence-corrected chi connectivity index (χ3v) is 5.53. The van der Waals surface area contributed by atoms with E-state index in [9.17, 15) is 9.59 Å². The molecule has 0 aliphatic heterocycles. The summed E-state index contributed by atoms with van der Waals surface area (Å²) in [6, 6.07) is 7.19. The van der Waals surface area contributed by atoms with Crippen molar-refractivity contribution in [3.63, 3.8) is 0 Å². The van der Waals surface area contributed by atoms with E-state index in [1.165, 1.54) is 23.1 Å². The number of anilines is 2. The van der Waals surface area contributed by atoms with Crippen molar-refractivity contribution in [2.24, 2.45) is 0 Å². The molecule has 26 heavy (non-hydrogen) atoms. The highest BCUT2D eigenvalue weighted by Crippen LogP contribution is 2.20. The molecule has 1 heterocycles. The average Bonchev–Trinajstić information content (AvgIpc) is 3.07. The molecule has 0 spiro atoms. The zero-order valence-corrected chi connectivity index (χ0v) is 17.5. The van der Waals surface area contributed by atoms with Gasteiger partial charge in [0.05, 0.1) is 18.6 Å². The van der Waals surface area contributed by atoms with Crippen LogP contribution in [0, 0.1) is 0 Å². The lowest BCUT2D eigenvalue weighted by Crippen LogP contribution is -2.14. The third kappa shape index (κ3) is 7.35. The van der Waals surface area contributed by atoms with Gasteiger partial charge < -0.3 is 15.4 Å². The second-order valence-corrected chi connectivity index (χ2v) is 7.89. The summed E-state index contributed by atoms with van der Waals surface area (Å²) < 4.78 is 5.08. The van der Waals surface area contributed by atoms with Crippen LogP contribution < -0.4 is 15.4 Å². The molecule has 6 nitrogen and oxygen atoms in total. The Balaban J connectivity index is 1.70. The lowest BCUT2D eigenvalue weighted by Gasteiger charge is -2.05. The molecule has 0 bridgehead atoms. The zero-order chi connectivity index (χ0) is 18.8. The first-order chi connectivity index (χ1) is 12.6. The van der Waals surface area contributed by atoms with Crippen LogP contribution >= 0.6 is 39.0 Å². The van der Waals surface area contributed by atoms with Gasteiger partial charge in [-0.2, -0.15) is 0 Å². The summed E-state index contributed by atoms with van der Waals surface area (Å²) in [5.41, 5.74) is 1.59. The Morgan fingerprint density at radius 3 is 2.69 bits per heavy atom. The van der Waals surface area contributed by atoms with E-state index < -0.39 is 0 Å². The minimum absolute atomic E-state index is 0.0307. The van der Waals surface area contributed by atoms with Gasteiger partial charge in [-0.1, -0.05) is 15.9 Å². The molecule has 0 aliphatic rings. The smallest absolute Gasteiger partial charge is 0.234 e. The van der Waals surface area contributed by atoms with E-state index in [2.05, 4.69) is 31.5 Å². The number of carbonyl (C=O) groups is 2. The van der Waals surface area contributed by atoms with E-state index in [1.807, 2.05) is 5.38 Å². The quantitative estimate of drug-likeness (QED) is 0.524. The van der Waals surface area contributed by atoms with Gasteiger partial charge in [0.2, 0.25) is 11.8 Å². The molecule has 2 aromatic rings. The van der Waals surface area contributed by atoms with Crippen molar-refractivity contribution in [1.82, 2.24) is 4.98 Å². The summed E-state index contributed by atoms with van der Waals surface area (Å²) in [5.74, 6) is 1.59. The number of thiazole rings is 1. The molecule has 9 heteroatoms. The van der Waals surface area contributed by atoms with Crippen molar-refractivity contribution in [2.45, 2.75) is 18.6 Å². The number of nitrogens with one attached hydrogen (secondary N) is 2. The molecule has 0 fully saturated rings. The molecule has 1 aromatic heterocycles. The number of rotatable bonds is 10. The Kier molecular flexibility index (Phi) is 8.93. The summed E-state index contributed by atoms with van der Waals surface area (Å²) in [5, 5.41) is 8.93. The van der Waals surface area contributed by atoms with Crippen LogP contribution in [0.2, 0.25) is 0 Å². The second-order valence-electron chi connectivity index (χ2n) is 5.25. The zero-order valence-electron chi connectivity index (χ0n) is 14.3. The normalized spacial score (nSPS) is 10.4. The highest BCUT2D eigenvalue weighted by molar-refractivity contribution is 9.09. The Morgan fingerprint density at radius 1 is 1.23 bits per heavy atom. The Morgan fingerprint density at radius 2 is 2.00 bits per heavy atom. The fourth-order valence-corrected chi connectivity index (χ4v) is 3.79. The van der Waals surface area contributed by atoms with E-state index in [1.54, 1.807) is 31.4 Å². The number of alkyl halides is 1. The number of halogens is 1. The molecule has 0 radical (unpaired) electrons. The number of hydrogen-bond donors (Lipinski definition) is 2. The molecule has 0 atom stereocenters. The maximum Gasteiger partial charge on any atom is 0.234 e. The summed E-state index contributed by atoms with van der Waals surface area (Å²) in [4.78, 5) is 28.0. The summed E-state index contributed by atoms with van der Waals surface area (Å²) in [6.45, 7) is 0. The van der Waals surface area contributed by atoms with Crippen LogP contribution in [0.25, 0.3) is 0 Å². The highest BCUT2D eigenvalue weighted by Gasteiger charge is 2.08. The number of aromatic nitrogens is 1. The molecule has 0 saturated heterocycles. The van der Waals surface area contributed by atoms with Gasteiger partial charge in [-0.05, 0) is 30.7 Å². The minimum atomic E-state index is -0.0707. The van der Waals surface area contributed by atoms with E-state index in [-0.39, 0.29) is 11.8 Å². The standard InChI is InChI=1S/C17H20BrN3O3S2/c1-24-14-6-4-12(5-7-14)19-16(23)11-25-9-13-10-26-17(20-13)21-15(22)3-2-8-18/h4-7,10H,2-3,8-9,11H2,1H3,(H,19,23)(H,20,21,22). The molecule has 0 aliphatic carbocycles. The van der Waals surface area contributed by atoms with E-state index in [0.717, 1.165) is 28.9 Å². The van der Waals surface area contributed by atoms with Crippen LogP contribution in [-0.4, -0.2) is 35.0 Å². The average molecular weight is 458 g/mol. The Labute approximate surface area is 169 Å². The second kappa shape index (κ2) is 11.2. The highest BCUT2D eigenvalue weighted by atomic mass is 79.9. The minimum Gasteiger partial charge on any atom is -0.497 e. The van der Waals surface area contributed by atoms with Crippen molar-refractivity contribution in [1.29, 1.82) is 0 Å². The van der Waals surface area contributed by atoms with E-state index in [0.29, 0.717) is 23.1 Å². The number of thioether (sulfide) groups is 1. The van der Waals surface area contributed by atoms with E-state index >= 15 is 0 Å². The number of carbonyl (C=O) groups excluding carboxylic acids is 2. The topological polar surface area (TPSA) is 80.3 Å². The maximum atomic E-state index is 12.0. The summed E-state index contributed by atoms with van der Waals surface area (Å²) in [6.07, 6.45) is 1.27. The van der Waals surface area contributed by atoms with Gasteiger partial charge in [-0.15, -0.1) is 23.1 Å². The van der Waals surface area contributed by atoms with Gasteiger partial charge in [-0.3, -0.25) is 9.59 Å². The molecule has 2 N–H and O–H groups in total. The first-order valence-electron chi connectivity index (χ1n) is 7.92. The molecular weight excluding hydrogens is 438 g/mol. The monoisotopic (exact) mass is 457 g/mol. The predicted octanol–water partition coefficient (Wildman–Crippen LogP) is 4.14. The van der Waals surface area contributed by atoms with Gasteiger partial charge in [0.15, 0.2) is 5.13 Å². The SMILES string of the molecule is COc1ccc(NC(=O)CSCc2csc(NC(=O)CCCBr)n2)cc1. The van der Waals surface area contributed by atoms with Gasteiger partial charge in [0.25, 0.3) is 0 Å². The molecular formula is C17H20BrN3O3S2. The Bertz CT molecular complexity index is 722. The lowest BCUT2D eigenvalue weighted by atomic mass is 10.3. The number of ether oxygens (including phenoxy) is 1. The first-order valence-corrected chi connectivity index (χ1v) is 11.1. The molecule has 0 unspecified atom stereocenters. The number of nitrogens with zero attached hydrogens (tertiary/aromatic N) is 1. The third-order valence-electron chi connectivity index (χ3n) is 3.19. The van der Waals surface area contributed by atoms with Crippen LogP contribution in [0.3, 0.4) is 0 Å². The van der Waals surface area contributed by atoms with Gasteiger partial charge in [-0.25, -0.2) is 4.98 Å². The van der Waals surface area contributed by atoms with Crippen LogP contribution in [-0.2, 0) is 15.3 Å². The number of methoxy groups -OCH3 is 1. The molecule has 140 valence electrons. The van der Waals surface area contributed by atoms with Crippen LogP contribution in [0.5, 0.6) is 5.75 Å². The van der Waals surface area contributed by atoms with Crippen molar-refractivity contribution in [3.05, 3.63) is 35.3 Å². The van der Waals surface area contributed by atoms with Crippen molar-refractivity contribution >= 4 is 61.7 Å². The Hall–Kier alpha value is -1.58. The number of hydrogen-bond acceptors (Lipinski definition) is 6.